The number of nitrogens with one attached hydrogen (secondary N) is 1. The molecule has 0 radical (unpaired) electrons. The topological polar surface area (TPSA) is 81.7 Å². The van der Waals surface area contributed by atoms with Crippen LogP contribution in [0.2, 0.25) is 0 Å². The lowest BCUT2D eigenvalue weighted by Gasteiger charge is -2.07. The highest BCUT2D eigenvalue weighted by Gasteiger charge is 2.16. The molecule has 0 unspecified atom stereocenters. The molecule has 2 amide bonds. The molecule has 2 aromatic rings. The van der Waals surface area contributed by atoms with Crippen molar-refractivity contribution in [3.05, 3.63) is 51.2 Å². The number of carbonyl (C=O) groups is 3. The van der Waals surface area contributed by atoms with E-state index in [-0.39, 0.29) is 11.3 Å². The molecule has 2 rings (SSSR count). The van der Waals surface area contributed by atoms with E-state index in [1.165, 1.54) is 35.6 Å². The number of rotatable bonds is 7. The van der Waals surface area contributed by atoms with Gasteiger partial charge in [0.2, 0.25) is 0 Å². The molecular weight excluding hydrogens is 380 g/mol. The normalized spacial score (nSPS) is 10.6. The maximum absolute atomic E-state index is 12.1. The molecule has 0 aliphatic rings. The minimum Gasteiger partial charge on any atom is -0.451 e. The van der Waals surface area contributed by atoms with Crippen molar-refractivity contribution in [3.8, 4) is 5.75 Å². The monoisotopic (exact) mass is 397 g/mol. The number of amides is 2. The zero-order chi connectivity index (χ0) is 20.0. The fourth-order valence-corrected chi connectivity index (χ4v) is 3.20. The predicted molar refractivity (Wildman–Crippen MR) is 94.3 cm³/mol. The van der Waals surface area contributed by atoms with Crippen LogP contribution in [0.25, 0.3) is 0 Å². The molecule has 1 N–H and O–H groups in total. The van der Waals surface area contributed by atoms with E-state index in [1.807, 2.05) is 13.8 Å². The summed E-state index contributed by atoms with van der Waals surface area (Å²) >= 11 is 1.30. The third kappa shape index (κ3) is 5.85. The van der Waals surface area contributed by atoms with Crippen molar-refractivity contribution in [2.24, 2.45) is 0 Å². The molecule has 0 aliphatic carbocycles. The van der Waals surface area contributed by atoms with Crippen molar-refractivity contribution in [1.82, 2.24) is 5.32 Å². The van der Waals surface area contributed by atoms with E-state index >= 15 is 0 Å². The Labute approximate surface area is 158 Å². The van der Waals surface area contributed by atoms with Crippen LogP contribution < -0.4 is 10.1 Å². The molecule has 0 saturated heterocycles. The van der Waals surface area contributed by atoms with E-state index in [4.69, 9.17) is 4.74 Å². The summed E-state index contributed by atoms with van der Waals surface area (Å²) in [5, 5.41) is 2.05. The average Bonchev–Trinajstić information content (AvgIpc) is 3.00. The van der Waals surface area contributed by atoms with Gasteiger partial charge in [0.25, 0.3) is 11.8 Å². The fraction of sp³-hybridized carbons (Fsp3) is 0.278. The van der Waals surface area contributed by atoms with Crippen LogP contribution in [-0.2, 0) is 16.0 Å². The fourth-order valence-electron chi connectivity index (χ4n) is 2.20. The highest BCUT2D eigenvalue weighted by atomic mass is 32.1. The van der Waals surface area contributed by atoms with Crippen molar-refractivity contribution in [3.63, 3.8) is 0 Å². The molecule has 0 atom stereocenters. The molecule has 27 heavy (non-hydrogen) atoms. The summed E-state index contributed by atoms with van der Waals surface area (Å²) in [6.45, 7) is 0.269. The Morgan fingerprint density at radius 3 is 2.41 bits per heavy atom. The van der Waals surface area contributed by atoms with Crippen LogP contribution in [0.3, 0.4) is 0 Å². The highest BCUT2D eigenvalue weighted by molar-refractivity contribution is 7.14. The van der Waals surface area contributed by atoms with Gasteiger partial charge in [-0.2, -0.15) is 8.78 Å². The van der Waals surface area contributed by atoms with Gasteiger partial charge >= 0.3 is 12.6 Å². The first kappa shape index (κ1) is 20.5. The summed E-state index contributed by atoms with van der Waals surface area (Å²) in [7, 11) is 0. The van der Waals surface area contributed by atoms with Crippen LogP contribution in [0, 0.1) is 6.92 Å². The van der Waals surface area contributed by atoms with Gasteiger partial charge in [-0.15, -0.1) is 11.3 Å². The number of benzene rings is 1. The van der Waals surface area contributed by atoms with Gasteiger partial charge in [0, 0.05) is 10.4 Å². The highest BCUT2D eigenvalue weighted by Crippen LogP contribution is 2.23. The lowest BCUT2D eigenvalue weighted by molar-refractivity contribution is -0.123. The second-order valence-electron chi connectivity index (χ2n) is 5.43. The summed E-state index contributed by atoms with van der Waals surface area (Å²) in [6.07, 6.45) is 0.792. The van der Waals surface area contributed by atoms with E-state index in [0.29, 0.717) is 4.88 Å². The van der Waals surface area contributed by atoms with Crippen LogP contribution in [-0.4, -0.2) is 31.0 Å². The lowest BCUT2D eigenvalue weighted by Crippen LogP contribution is -2.34. The Morgan fingerprint density at radius 1 is 1.19 bits per heavy atom. The summed E-state index contributed by atoms with van der Waals surface area (Å²) in [6, 6.07) is 6.50. The van der Waals surface area contributed by atoms with Gasteiger partial charge in [-0.25, -0.2) is 4.79 Å². The van der Waals surface area contributed by atoms with E-state index in [2.05, 4.69) is 10.1 Å². The van der Waals surface area contributed by atoms with Gasteiger partial charge in [-0.05, 0) is 49.2 Å². The Bertz CT molecular complexity index is 833. The van der Waals surface area contributed by atoms with Gasteiger partial charge in [-0.3, -0.25) is 14.9 Å². The molecule has 0 aliphatic heterocycles. The maximum atomic E-state index is 12.1. The zero-order valence-corrected chi connectivity index (χ0v) is 15.4. The number of halogens is 2. The largest absolute Gasteiger partial charge is 0.451 e. The van der Waals surface area contributed by atoms with Crippen LogP contribution >= 0.6 is 11.3 Å². The van der Waals surface area contributed by atoms with Crippen molar-refractivity contribution in [2.45, 2.75) is 26.9 Å². The van der Waals surface area contributed by atoms with Crippen LogP contribution in [0.15, 0.2) is 30.3 Å². The number of thiophene rings is 1. The van der Waals surface area contributed by atoms with Gasteiger partial charge in [0.05, 0.1) is 0 Å². The first-order valence-corrected chi connectivity index (χ1v) is 8.77. The molecule has 0 saturated carbocycles. The van der Waals surface area contributed by atoms with Gasteiger partial charge in [-0.1, -0.05) is 6.92 Å². The minimum atomic E-state index is -2.97. The van der Waals surface area contributed by atoms with Crippen molar-refractivity contribution >= 4 is 29.1 Å². The summed E-state index contributed by atoms with van der Waals surface area (Å²) in [5.41, 5.74) is 1.05. The Hall–Kier alpha value is -2.81. The standard InChI is InChI=1S/C18H17F2NO5S/c1-3-13-10(2)8-14(27-13)17(24)25-9-15(22)21-16(23)11-4-6-12(7-5-11)26-18(19)20/h4-8,18H,3,9H2,1-2H3,(H,21,22,23). The molecule has 0 spiro atoms. The van der Waals surface area contributed by atoms with Gasteiger partial charge in [0.15, 0.2) is 6.61 Å². The molecular formula is C18H17F2NO5S. The molecule has 6 nitrogen and oxygen atoms in total. The lowest BCUT2D eigenvalue weighted by atomic mass is 10.2. The zero-order valence-electron chi connectivity index (χ0n) is 14.6. The molecule has 1 aromatic carbocycles. The van der Waals surface area contributed by atoms with Crippen molar-refractivity contribution in [1.29, 1.82) is 0 Å². The van der Waals surface area contributed by atoms with E-state index in [9.17, 15) is 23.2 Å². The first-order valence-electron chi connectivity index (χ1n) is 7.95. The number of aryl methyl sites for hydroxylation is 2. The molecule has 0 fully saturated rings. The number of imide groups is 1. The maximum Gasteiger partial charge on any atom is 0.387 e. The quantitative estimate of drug-likeness (QED) is 0.725. The second kappa shape index (κ2) is 9.22. The SMILES string of the molecule is CCc1sc(C(=O)OCC(=O)NC(=O)c2ccc(OC(F)F)cc2)cc1C. The van der Waals surface area contributed by atoms with Crippen LogP contribution in [0.1, 0.15) is 37.4 Å². The van der Waals surface area contributed by atoms with Gasteiger partial charge < -0.3 is 9.47 Å². The second-order valence-corrected chi connectivity index (χ2v) is 6.56. The summed E-state index contributed by atoms with van der Waals surface area (Å²) < 4.78 is 33.2. The van der Waals surface area contributed by atoms with Crippen molar-refractivity contribution in [2.75, 3.05) is 6.61 Å². The average molecular weight is 397 g/mol. The van der Waals surface area contributed by atoms with Crippen molar-refractivity contribution < 1.29 is 32.6 Å². The predicted octanol–water partition coefficient (Wildman–Crippen LogP) is 3.33. The Kier molecular flexibility index (Phi) is 7.00. The number of carbonyl (C=O) groups excluding carboxylic acids is 3. The third-order valence-electron chi connectivity index (χ3n) is 3.47. The van der Waals surface area contributed by atoms with E-state index < -0.39 is 31.0 Å². The number of esters is 1. The number of alkyl halides is 2. The van der Waals surface area contributed by atoms with Crippen LogP contribution in [0.4, 0.5) is 8.78 Å². The van der Waals surface area contributed by atoms with Gasteiger partial charge in [0.1, 0.15) is 10.6 Å². The summed E-state index contributed by atoms with van der Waals surface area (Å²) in [5.74, 6) is -2.30. The third-order valence-corrected chi connectivity index (χ3v) is 4.83. The summed E-state index contributed by atoms with van der Waals surface area (Å²) in [4.78, 5) is 37.1. The minimum absolute atomic E-state index is 0.0674. The van der Waals surface area contributed by atoms with E-state index in [1.54, 1.807) is 6.07 Å². The van der Waals surface area contributed by atoms with E-state index in [0.717, 1.165) is 16.9 Å². The number of hydrogen-bond donors (Lipinski definition) is 1. The molecule has 9 heteroatoms. The van der Waals surface area contributed by atoms with Crippen LogP contribution in [0.5, 0.6) is 5.75 Å². The number of ether oxygens (including phenoxy) is 2. The number of hydrogen-bond acceptors (Lipinski definition) is 6. The smallest absolute Gasteiger partial charge is 0.387 e. The first-order chi connectivity index (χ1) is 12.8. The molecule has 1 heterocycles. The Morgan fingerprint density at radius 2 is 1.85 bits per heavy atom. The molecule has 1 aromatic heterocycles. The molecule has 144 valence electrons. The molecule has 0 bridgehead atoms. The Balaban J connectivity index is 1.85.